The van der Waals surface area contributed by atoms with E-state index in [0.29, 0.717) is 0 Å². The van der Waals surface area contributed by atoms with Crippen LogP contribution in [0.2, 0.25) is 0 Å². The molecule has 0 atom stereocenters. The summed E-state index contributed by atoms with van der Waals surface area (Å²) in [6.45, 7) is 0. The molecule has 340 valence electrons. The van der Waals surface area contributed by atoms with Gasteiger partial charge in [-0.1, -0.05) is 231 Å². The first-order valence-corrected chi connectivity index (χ1v) is 24.7. The summed E-state index contributed by atoms with van der Waals surface area (Å²) >= 11 is 0. The maximum atomic E-state index is 2.41. The highest BCUT2D eigenvalue weighted by atomic mass is 15.1. The van der Waals surface area contributed by atoms with Crippen molar-refractivity contribution < 1.29 is 0 Å². The summed E-state index contributed by atoms with van der Waals surface area (Å²) in [4.78, 5) is 4.79. The monoisotopic (exact) mass is 918 g/mol. The van der Waals surface area contributed by atoms with Gasteiger partial charge in [0, 0.05) is 33.8 Å². The fourth-order valence-corrected chi connectivity index (χ4v) is 10.0. The Bertz CT molecular complexity index is 3680. The maximum Gasteiger partial charge on any atom is 0.0540 e. The fourth-order valence-electron chi connectivity index (χ4n) is 10.0. The Balaban J connectivity index is 0.942. The summed E-state index contributed by atoms with van der Waals surface area (Å²) in [6, 6.07) is 110. The van der Waals surface area contributed by atoms with E-state index in [1.54, 1.807) is 0 Å². The molecule has 0 bridgehead atoms. The van der Waals surface area contributed by atoms with Crippen LogP contribution < -0.4 is 9.80 Å². The topological polar surface area (TPSA) is 6.48 Å². The average Bonchev–Trinajstić information content (AvgIpc) is 3.47. The lowest BCUT2D eigenvalue weighted by atomic mass is 9.93. The molecule has 0 radical (unpaired) electrons. The number of benzene rings is 12. The van der Waals surface area contributed by atoms with E-state index in [1.165, 1.54) is 55.3 Å². The standard InChI is InChI=1S/C70H50N2/c1-6-19-51(20-7-1)54-33-39-62(40-34-54)71(66-48-60(52-21-8-2-9-22-52)47-61(49-66)53-23-10-3-11-24-53)63-41-35-55(36-42-63)56-37-43-64(44-38-56)72(70-32-18-30-58-29-16-17-31-68(58)70)65-45-46-67(57-25-12-4-13-26-57)69(50-65)59-27-14-5-15-28-59/h1-50H. The van der Waals surface area contributed by atoms with Gasteiger partial charge in [0.05, 0.1) is 5.69 Å². The first-order chi connectivity index (χ1) is 35.7. The van der Waals surface area contributed by atoms with Gasteiger partial charge in [0.15, 0.2) is 0 Å². The molecular formula is C70H50N2. The highest BCUT2D eigenvalue weighted by molar-refractivity contribution is 6.00. The molecule has 2 nitrogen and oxygen atoms in total. The molecular weight excluding hydrogens is 869 g/mol. The van der Waals surface area contributed by atoms with E-state index in [0.717, 1.165) is 56.4 Å². The Morgan fingerprint density at radius 1 is 0.181 bits per heavy atom. The number of nitrogens with zero attached hydrogens (tertiary/aromatic N) is 2. The van der Waals surface area contributed by atoms with E-state index < -0.39 is 0 Å². The van der Waals surface area contributed by atoms with E-state index in [4.69, 9.17) is 0 Å². The molecule has 0 aliphatic heterocycles. The molecule has 0 aromatic heterocycles. The van der Waals surface area contributed by atoms with Crippen molar-refractivity contribution in [2.75, 3.05) is 9.80 Å². The molecule has 12 aromatic carbocycles. The predicted octanol–water partition coefficient (Wildman–Crippen LogP) is 19.8. The van der Waals surface area contributed by atoms with Crippen LogP contribution >= 0.6 is 0 Å². The lowest BCUT2D eigenvalue weighted by molar-refractivity contribution is 1.28. The number of rotatable bonds is 12. The van der Waals surface area contributed by atoms with E-state index in [9.17, 15) is 0 Å². The number of hydrogen-bond donors (Lipinski definition) is 0. The van der Waals surface area contributed by atoms with Gasteiger partial charge in [0.25, 0.3) is 0 Å². The van der Waals surface area contributed by atoms with Crippen LogP contribution in [-0.4, -0.2) is 0 Å². The van der Waals surface area contributed by atoms with Crippen LogP contribution in [0.25, 0.3) is 77.5 Å². The molecule has 12 aromatic rings. The molecule has 0 aliphatic carbocycles. The van der Waals surface area contributed by atoms with Crippen molar-refractivity contribution in [2.45, 2.75) is 0 Å². The first kappa shape index (κ1) is 43.8. The Labute approximate surface area is 422 Å². The predicted molar refractivity (Wildman–Crippen MR) is 306 cm³/mol. The van der Waals surface area contributed by atoms with Gasteiger partial charge in [-0.3, -0.25) is 0 Å². The summed E-state index contributed by atoms with van der Waals surface area (Å²) in [5, 5.41) is 2.39. The average molecular weight is 919 g/mol. The van der Waals surface area contributed by atoms with Crippen LogP contribution in [0.1, 0.15) is 0 Å². The minimum Gasteiger partial charge on any atom is -0.310 e. The van der Waals surface area contributed by atoms with Gasteiger partial charge in [-0.25, -0.2) is 0 Å². The Morgan fingerprint density at radius 3 is 1.03 bits per heavy atom. The summed E-state index contributed by atoms with van der Waals surface area (Å²) in [7, 11) is 0. The molecule has 0 fully saturated rings. The molecule has 12 rings (SSSR count). The molecule has 0 amide bonds. The second-order valence-corrected chi connectivity index (χ2v) is 18.1. The molecule has 0 unspecified atom stereocenters. The van der Waals surface area contributed by atoms with Crippen molar-refractivity contribution in [1.29, 1.82) is 0 Å². The molecule has 72 heavy (non-hydrogen) atoms. The third-order valence-corrected chi connectivity index (χ3v) is 13.6. The van der Waals surface area contributed by atoms with Gasteiger partial charge in [0.1, 0.15) is 0 Å². The zero-order valence-corrected chi connectivity index (χ0v) is 39.8. The number of hydrogen-bond acceptors (Lipinski definition) is 2. The van der Waals surface area contributed by atoms with Gasteiger partial charge >= 0.3 is 0 Å². The first-order valence-electron chi connectivity index (χ1n) is 24.7. The van der Waals surface area contributed by atoms with Gasteiger partial charge in [0.2, 0.25) is 0 Å². The summed E-state index contributed by atoms with van der Waals surface area (Å²) in [5.41, 5.74) is 20.6. The Morgan fingerprint density at radius 2 is 0.542 bits per heavy atom. The molecule has 0 heterocycles. The quantitative estimate of drug-likeness (QED) is 0.120. The van der Waals surface area contributed by atoms with Gasteiger partial charge in [-0.15, -0.1) is 0 Å². The Kier molecular flexibility index (Phi) is 12.1. The van der Waals surface area contributed by atoms with E-state index >= 15 is 0 Å². The fraction of sp³-hybridized carbons (Fsp3) is 0. The highest BCUT2D eigenvalue weighted by Crippen LogP contribution is 2.45. The smallest absolute Gasteiger partial charge is 0.0540 e. The largest absolute Gasteiger partial charge is 0.310 e. The number of anilines is 6. The van der Waals surface area contributed by atoms with Crippen LogP contribution in [0.5, 0.6) is 0 Å². The van der Waals surface area contributed by atoms with Crippen molar-refractivity contribution >= 4 is 44.9 Å². The highest BCUT2D eigenvalue weighted by Gasteiger charge is 2.20. The normalized spacial score (nSPS) is 11.1. The van der Waals surface area contributed by atoms with Gasteiger partial charge in [-0.05, 0) is 145 Å². The van der Waals surface area contributed by atoms with Crippen molar-refractivity contribution in [1.82, 2.24) is 0 Å². The van der Waals surface area contributed by atoms with Crippen molar-refractivity contribution in [2.24, 2.45) is 0 Å². The summed E-state index contributed by atoms with van der Waals surface area (Å²) in [5.74, 6) is 0. The van der Waals surface area contributed by atoms with Crippen LogP contribution in [0.4, 0.5) is 34.1 Å². The zero-order chi connectivity index (χ0) is 48.1. The van der Waals surface area contributed by atoms with Crippen LogP contribution in [0, 0.1) is 0 Å². The third-order valence-electron chi connectivity index (χ3n) is 13.6. The molecule has 0 saturated carbocycles. The van der Waals surface area contributed by atoms with Crippen molar-refractivity contribution in [3.8, 4) is 66.8 Å². The zero-order valence-electron chi connectivity index (χ0n) is 39.8. The Hall–Kier alpha value is -9.50. The summed E-state index contributed by atoms with van der Waals surface area (Å²) < 4.78 is 0. The molecule has 2 heteroatoms. The van der Waals surface area contributed by atoms with Crippen LogP contribution in [0.3, 0.4) is 0 Å². The van der Waals surface area contributed by atoms with Crippen LogP contribution in [-0.2, 0) is 0 Å². The minimum atomic E-state index is 1.07. The molecule has 0 saturated heterocycles. The molecule has 0 N–H and O–H groups in total. The van der Waals surface area contributed by atoms with E-state index in [1.807, 2.05) is 0 Å². The molecule has 0 spiro atoms. The second-order valence-electron chi connectivity index (χ2n) is 18.1. The minimum absolute atomic E-state index is 1.07. The van der Waals surface area contributed by atoms with E-state index in [2.05, 4.69) is 313 Å². The van der Waals surface area contributed by atoms with Gasteiger partial charge in [-0.2, -0.15) is 0 Å². The maximum absolute atomic E-state index is 2.41. The lowest BCUT2D eigenvalue weighted by Crippen LogP contribution is -2.11. The van der Waals surface area contributed by atoms with Crippen molar-refractivity contribution in [3.63, 3.8) is 0 Å². The molecule has 0 aliphatic rings. The SMILES string of the molecule is c1ccc(-c2ccc(N(c3ccc(-c4ccc(N(c5ccc(-c6ccccc6)c(-c6ccccc6)c5)c5cccc6ccccc56)cc4)cc3)c3cc(-c4ccccc4)cc(-c4ccccc4)c3)cc2)cc1. The van der Waals surface area contributed by atoms with Crippen LogP contribution in [0.15, 0.2) is 303 Å². The summed E-state index contributed by atoms with van der Waals surface area (Å²) in [6.07, 6.45) is 0. The third kappa shape index (κ3) is 8.97. The van der Waals surface area contributed by atoms with E-state index in [-0.39, 0.29) is 0 Å². The van der Waals surface area contributed by atoms with Gasteiger partial charge < -0.3 is 9.80 Å². The lowest BCUT2D eigenvalue weighted by Gasteiger charge is -2.28. The van der Waals surface area contributed by atoms with Crippen molar-refractivity contribution in [3.05, 3.63) is 303 Å². The second kappa shape index (κ2) is 19.8. The number of fused-ring (bicyclic) bond motifs is 1.